The van der Waals surface area contributed by atoms with Crippen molar-refractivity contribution in [3.63, 3.8) is 0 Å². The van der Waals surface area contributed by atoms with E-state index in [4.69, 9.17) is 4.74 Å². The van der Waals surface area contributed by atoms with Gasteiger partial charge >= 0.3 is 0 Å². The van der Waals surface area contributed by atoms with Crippen LogP contribution in [0.2, 0.25) is 0 Å². The predicted molar refractivity (Wildman–Crippen MR) is 57.7 cm³/mol. The van der Waals surface area contributed by atoms with Crippen LogP contribution in [0.4, 0.5) is 0 Å². The van der Waals surface area contributed by atoms with Crippen molar-refractivity contribution in [2.24, 2.45) is 0 Å². The molecule has 0 spiro atoms. The Hall–Kier alpha value is -0.380. The third-order valence-corrected chi connectivity index (χ3v) is 4.19. The molecule has 14 heavy (non-hydrogen) atoms. The zero-order valence-electron chi connectivity index (χ0n) is 8.16. The Morgan fingerprint density at radius 3 is 3.36 bits per heavy atom. The normalized spacial score (nSPS) is 31.7. The van der Waals surface area contributed by atoms with Crippen LogP contribution in [0.3, 0.4) is 0 Å². The van der Waals surface area contributed by atoms with E-state index >= 15 is 0 Å². The lowest BCUT2D eigenvalue weighted by atomic mass is 10.0. The lowest BCUT2D eigenvalue weighted by Gasteiger charge is -2.28. The van der Waals surface area contributed by atoms with Gasteiger partial charge in [-0.2, -0.15) is 0 Å². The number of hydrogen-bond acceptors (Lipinski definition) is 3. The quantitative estimate of drug-likeness (QED) is 0.765. The summed E-state index contributed by atoms with van der Waals surface area (Å²) in [6, 6.07) is 2.82. The molecule has 1 N–H and O–H groups in total. The topological polar surface area (TPSA) is 21.3 Å². The van der Waals surface area contributed by atoms with Crippen molar-refractivity contribution in [2.75, 3.05) is 13.2 Å². The van der Waals surface area contributed by atoms with E-state index in [1.165, 1.54) is 23.3 Å². The van der Waals surface area contributed by atoms with Crippen LogP contribution in [0.5, 0.6) is 0 Å². The molecule has 76 valence electrons. The lowest BCUT2D eigenvalue weighted by Crippen LogP contribution is -2.32. The minimum absolute atomic E-state index is 0.334. The van der Waals surface area contributed by atoms with Crippen LogP contribution in [-0.2, 0) is 11.2 Å². The number of fused-ring (bicyclic) bond motifs is 1. The maximum atomic E-state index is 5.89. The molecule has 1 saturated heterocycles. The summed E-state index contributed by atoms with van der Waals surface area (Å²) in [6.45, 7) is 2.05. The summed E-state index contributed by atoms with van der Waals surface area (Å²) in [4.78, 5) is 1.47. The lowest BCUT2D eigenvalue weighted by molar-refractivity contribution is 0.0229. The molecule has 2 unspecified atom stereocenters. The first-order valence-corrected chi connectivity index (χ1v) is 6.24. The van der Waals surface area contributed by atoms with Gasteiger partial charge in [-0.25, -0.2) is 0 Å². The van der Waals surface area contributed by atoms with Gasteiger partial charge in [0, 0.05) is 10.9 Å². The summed E-state index contributed by atoms with van der Waals surface area (Å²) in [5, 5.41) is 5.73. The molecule has 2 aliphatic heterocycles. The van der Waals surface area contributed by atoms with E-state index in [0.717, 1.165) is 19.6 Å². The van der Waals surface area contributed by atoms with Gasteiger partial charge in [-0.05, 0) is 42.8 Å². The molecule has 0 bridgehead atoms. The highest BCUT2D eigenvalue weighted by Gasteiger charge is 2.31. The zero-order valence-corrected chi connectivity index (χ0v) is 8.98. The molecule has 1 aromatic rings. The van der Waals surface area contributed by atoms with E-state index < -0.39 is 0 Å². The molecule has 3 rings (SSSR count). The van der Waals surface area contributed by atoms with Gasteiger partial charge in [-0.15, -0.1) is 11.3 Å². The molecular formula is C11H15NOS. The third-order valence-electron chi connectivity index (χ3n) is 3.17. The Morgan fingerprint density at radius 2 is 2.50 bits per heavy atom. The minimum Gasteiger partial charge on any atom is -0.371 e. The highest BCUT2D eigenvalue weighted by Crippen LogP contribution is 2.36. The monoisotopic (exact) mass is 209 g/mol. The van der Waals surface area contributed by atoms with Crippen molar-refractivity contribution >= 4 is 11.3 Å². The van der Waals surface area contributed by atoms with Gasteiger partial charge in [0.1, 0.15) is 6.10 Å². The maximum Gasteiger partial charge on any atom is 0.107 e. The number of rotatable bonds is 1. The van der Waals surface area contributed by atoms with Gasteiger partial charge in [0.25, 0.3) is 0 Å². The van der Waals surface area contributed by atoms with Crippen molar-refractivity contribution in [2.45, 2.75) is 31.4 Å². The van der Waals surface area contributed by atoms with Crippen LogP contribution in [-0.4, -0.2) is 19.2 Å². The average Bonchev–Trinajstić information content (AvgIpc) is 2.88. The smallest absolute Gasteiger partial charge is 0.107 e. The van der Waals surface area contributed by atoms with Gasteiger partial charge < -0.3 is 10.1 Å². The summed E-state index contributed by atoms with van der Waals surface area (Å²) >= 11 is 1.86. The second-order valence-electron chi connectivity index (χ2n) is 4.05. The Bertz CT molecular complexity index is 317. The third kappa shape index (κ3) is 1.40. The minimum atomic E-state index is 0.334. The van der Waals surface area contributed by atoms with E-state index in [1.807, 2.05) is 11.3 Å². The molecule has 1 fully saturated rings. The first-order chi connectivity index (χ1) is 6.95. The summed E-state index contributed by atoms with van der Waals surface area (Å²) < 4.78 is 5.89. The van der Waals surface area contributed by atoms with Crippen LogP contribution in [0, 0.1) is 0 Å². The Kier molecular flexibility index (Phi) is 2.32. The summed E-state index contributed by atoms with van der Waals surface area (Å²) in [7, 11) is 0. The largest absolute Gasteiger partial charge is 0.371 e. The molecule has 0 aliphatic carbocycles. The molecule has 0 amide bonds. The molecule has 2 atom stereocenters. The van der Waals surface area contributed by atoms with Crippen LogP contribution in [0.25, 0.3) is 0 Å². The maximum absolute atomic E-state index is 5.89. The molecule has 2 aliphatic rings. The zero-order chi connectivity index (χ0) is 9.38. The van der Waals surface area contributed by atoms with Crippen LogP contribution < -0.4 is 5.32 Å². The number of hydrogen-bond donors (Lipinski definition) is 1. The molecule has 1 aromatic heterocycles. The molecule has 2 nitrogen and oxygen atoms in total. The number of ether oxygens (including phenoxy) is 1. The molecular weight excluding hydrogens is 194 g/mol. The standard InChI is InChI=1S/C11H15NOS/c1-2-9(12-5-1)10-11-8(3-6-13-10)4-7-14-11/h4,7,9-10,12H,1-3,5-6H2. The fourth-order valence-electron chi connectivity index (χ4n) is 2.44. The van der Waals surface area contributed by atoms with Gasteiger partial charge in [0.15, 0.2) is 0 Å². The van der Waals surface area contributed by atoms with Crippen LogP contribution >= 0.6 is 11.3 Å². The van der Waals surface area contributed by atoms with Crippen molar-refractivity contribution in [3.8, 4) is 0 Å². The van der Waals surface area contributed by atoms with E-state index in [-0.39, 0.29) is 0 Å². The van der Waals surface area contributed by atoms with Gasteiger partial charge in [-0.1, -0.05) is 0 Å². The number of nitrogens with one attached hydrogen (secondary N) is 1. The second-order valence-corrected chi connectivity index (χ2v) is 5.00. The molecule has 0 aromatic carbocycles. The van der Waals surface area contributed by atoms with Crippen molar-refractivity contribution < 1.29 is 4.74 Å². The fourth-order valence-corrected chi connectivity index (χ4v) is 3.51. The van der Waals surface area contributed by atoms with Gasteiger partial charge in [0.2, 0.25) is 0 Å². The number of thiophene rings is 1. The second kappa shape index (κ2) is 3.65. The van der Waals surface area contributed by atoms with E-state index in [9.17, 15) is 0 Å². The average molecular weight is 209 g/mol. The first-order valence-electron chi connectivity index (χ1n) is 5.36. The summed E-state index contributed by atoms with van der Waals surface area (Å²) in [5.41, 5.74) is 1.51. The molecule has 3 heteroatoms. The van der Waals surface area contributed by atoms with Crippen LogP contribution in [0.15, 0.2) is 11.4 Å². The summed E-state index contributed by atoms with van der Waals surface area (Å²) in [5.74, 6) is 0. The van der Waals surface area contributed by atoms with Gasteiger partial charge in [-0.3, -0.25) is 0 Å². The predicted octanol–water partition coefficient (Wildman–Crippen LogP) is 2.11. The van der Waals surface area contributed by atoms with E-state index in [1.54, 1.807) is 0 Å². The van der Waals surface area contributed by atoms with E-state index in [2.05, 4.69) is 16.8 Å². The molecule has 3 heterocycles. The Labute approximate surface area is 88.3 Å². The highest BCUT2D eigenvalue weighted by atomic mass is 32.1. The van der Waals surface area contributed by atoms with Crippen molar-refractivity contribution in [1.29, 1.82) is 0 Å². The van der Waals surface area contributed by atoms with Crippen molar-refractivity contribution in [1.82, 2.24) is 5.32 Å². The van der Waals surface area contributed by atoms with Crippen LogP contribution in [0.1, 0.15) is 29.4 Å². The highest BCUT2D eigenvalue weighted by molar-refractivity contribution is 7.10. The summed E-state index contributed by atoms with van der Waals surface area (Å²) in [6.07, 6.45) is 4.00. The Balaban J connectivity index is 1.88. The fraction of sp³-hybridized carbons (Fsp3) is 0.636. The van der Waals surface area contributed by atoms with E-state index in [0.29, 0.717) is 12.1 Å². The molecule has 0 saturated carbocycles. The first kappa shape index (κ1) is 8.89. The Morgan fingerprint density at radius 1 is 1.50 bits per heavy atom. The SMILES string of the molecule is c1cc2c(s1)C(C1CCCN1)OCC2. The van der Waals surface area contributed by atoms with Crippen molar-refractivity contribution in [3.05, 3.63) is 21.9 Å². The molecule has 0 radical (unpaired) electrons. The van der Waals surface area contributed by atoms with Gasteiger partial charge in [0.05, 0.1) is 6.61 Å².